The van der Waals surface area contributed by atoms with E-state index in [9.17, 15) is 10.1 Å². The first-order valence-electron chi connectivity index (χ1n) is 5.72. The van der Waals surface area contributed by atoms with Crippen LogP contribution < -0.4 is 15.4 Å². The minimum Gasteiger partial charge on any atom is -0.481 e. The Bertz CT molecular complexity index is 458. The number of pyridine rings is 1. The highest BCUT2D eigenvalue weighted by Gasteiger charge is 2.31. The highest BCUT2D eigenvalue weighted by atomic mass is 16.6. The molecule has 1 aromatic rings. The van der Waals surface area contributed by atoms with Crippen molar-refractivity contribution in [3.63, 3.8) is 0 Å². The second kappa shape index (κ2) is 4.77. The fraction of sp³-hybridized carbons (Fsp3) is 0.545. The van der Waals surface area contributed by atoms with E-state index < -0.39 is 4.92 Å². The van der Waals surface area contributed by atoms with Crippen LogP contribution in [-0.4, -0.2) is 35.6 Å². The van der Waals surface area contributed by atoms with Gasteiger partial charge < -0.3 is 15.4 Å². The molecule has 0 aliphatic carbocycles. The first-order chi connectivity index (χ1) is 8.54. The van der Waals surface area contributed by atoms with Crippen LogP contribution in [0.2, 0.25) is 0 Å². The van der Waals surface area contributed by atoms with E-state index in [1.165, 1.54) is 19.2 Å². The van der Waals surface area contributed by atoms with Crippen LogP contribution >= 0.6 is 0 Å². The molecule has 98 valence electrons. The van der Waals surface area contributed by atoms with Crippen LogP contribution in [0.1, 0.15) is 13.3 Å². The summed E-state index contributed by atoms with van der Waals surface area (Å²) in [6.07, 6.45) is 0.892. The Kier molecular flexibility index (Phi) is 3.33. The molecule has 2 rings (SSSR count). The van der Waals surface area contributed by atoms with Gasteiger partial charge in [-0.1, -0.05) is 0 Å². The van der Waals surface area contributed by atoms with E-state index in [1.54, 1.807) is 0 Å². The number of nitro groups is 1. The van der Waals surface area contributed by atoms with Crippen molar-refractivity contribution >= 4 is 11.5 Å². The molecule has 1 aliphatic heterocycles. The molecular formula is C11H16N4O3. The van der Waals surface area contributed by atoms with E-state index >= 15 is 0 Å². The Hall–Kier alpha value is -1.89. The first kappa shape index (κ1) is 12.6. The first-order valence-corrected chi connectivity index (χ1v) is 5.72. The highest BCUT2D eigenvalue weighted by molar-refractivity contribution is 5.58. The van der Waals surface area contributed by atoms with Gasteiger partial charge in [0, 0.05) is 24.2 Å². The molecule has 1 fully saturated rings. The van der Waals surface area contributed by atoms with Gasteiger partial charge in [-0.15, -0.1) is 0 Å². The van der Waals surface area contributed by atoms with E-state index in [0.29, 0.717) is 5.88 Å². The van der Waals surface area contributed by atoms with Gasteiger partial charge in [-0.3, -0.25) is 10.1 Å². The number of hydrogen-bond acceptors (Lipinski definition) is 6. The quantitative estimate of drug-likeness (QED) is 0.617. The summed E-state index contributed by atoms with van der Waals surface area (Å²) in [7, 11) is 1.48. The summed E-state index contributed by atoms with van der Waals surface area (Å²) in [6.45, 7) is 3.65. The number of ether oxygens (including phenoxy) is 1. The van der Waals surface area contributed by atoms with Crippen molar-refractivity contribution in [1.82, 2.24) is 10.3 Å². The highest BCUT2D eigenvalue weighted by Crippen LogP contribution is 2.29. The van der Waals surface area contributed by atoms with Crippen molar-refractivity contribution in [1.29, 1.82) is 0 Å². The van der Waals surface area contributed by atoms with Crippen molar-refractivity contribution in [2.75, 3.05) is 25.5 Å². The van der Waals surface area contributed by atoms with Crippen LogP contribution in [0.25, 0.3) is 0 Å². The van der Waals surface area contributed by atoms with Crippen LogP contribution in [0.4, 0.5) is 11.5 Å². The third kappa shape index (κ3) is 2.51. The number of nitrogens with one attached hydrogen (secondary N) is 2. The van der Waals surface area contributed by atoms with Crippen LogP contribution in [0.3, 0.4) is 0 Å². The van der Waals surface area contributed by atoms with Crippen molar-refractivity contribution < 1.29 is 9.66 Å². The molecule has 7 nitrogen and oxygen atoms in total. The normalized spacial score (nSPS) is 22.8. The lowest BCUT2D eigenvalue weighted by Crippen LogP contribution is -2.37. The lowest BCUT2D eigenvalue weighted by atomic mass is 10.0. The number of aromatic nitrogens is 1. The zero-order valence-corrected chi connectivity index (χ0v) is 10.4. The minimum absolute atomic E-state index is 0.0380. The van der Waals surface area contributed by atoms with E-state index in [2.05, 4.69) is 15.6 Å². The molecular weight excluding hydrogens is 236 g/mol. The average molecular weight is 252 g/mol. The maximum Gasteiger partial charge on any atom is 0.311 e. The molecule has 0 bridgehead atoms. The van der Waals surface area contributed by atoms with Crippen LogP contribution in [0, 0.1) is 10.1 Å². The lowest BCUT2D eigenvalue weighted by molar-refractivity contribution is -0.384. The second-order valence-corrected chi connectivity index (χ2v) is 4.59. The maximum atomic E-state index is 11.0. The van der Waals surface area contributed by atoms with Gasteiger partial charge in [0.15, 0.2) is 0 Å². The van der Waals surface area contributed by atoms with Gasteiger partial charge in [-0.25, -0.2) is 0 Å². The molecule has 18 heavy (non-hydrogen) atoms. The predicted octanol–water partition coefficient (Wildman–Crippen LogP) is 1.16. The Morgan fingerprint density at radius 3 is 2.94 bits per heavy atom. The Labute approximate surface area is 105 Å². The van der Waals surface area contributed by atoms with Gasteiger partial charge in [-0.2, -0.15) is 4.98 Å². The van der Waals surface area contributed by atoms with Gasteiger partial charge in [0.1, 0.15) is 0 Å². The third-order valence-corrected chi connectivity index (χ3v) is 3.04. The van der Waals surface area contributed by atoms with Gasteiger partial charge in [0.05, 0.1) is 12.0 Å². The molecule has 1 aliphatic rings. The molecule has 2 heterocycles. The molecule has 0 spiro atoms. The van der Waals surface area contributed by atoms with E-state index in [1.807, 2.05) is 6.92 Å². The fourth-order valence-electron chi connectivity index (χ4n) is 2.00. The van der Waals surface area contributed by atoms with Crippen molar-refractivity contribution in [3.8, 4) is 5.88 Å². The van der Waals surface area contributed by atoms with Gasteiger partial charge in [0.2, 0.25) is 11.7 Å². The van der Waals surface area contributed by atoms with Gasteiger partial charge >= 0.3 is 5.69 Å². The average Bonchev–Trinajstić information content (AvgIpc) is 2.75. The standard InChI is InChI=1S/C11H16N4O3/c1-11(5-6-12-7-11)14-10-8(15(16)17)3-4-9(13-10)18-2/h3-4,12H,5-7H2,1-2H3,(H,13,14). The monoisotopic (exact) mass is 252 g/mol. The second-order valence-electron chi connectivity index (χ2n) is 4.59. The summed E-state index contributed by atoms with van der Waals surface area (Å²) < 4.78 is 5.00. The number of nitrogens with zero attached hydrogens (tertiary/aromatic N) is 2. The van der Waals surface area contributed by atoms with Crippen molar-refractivity contribution in [2.24, 2.45) is 0 Å². The summed E-state index contributed by atoms with van der Waals surface area (Å²) in [5.74, 6) is 0.614. The van der Waals surface area contributed by atoms with Crippen LogP contribution in [0.15, 0.2) is 12.1 Å². The topological polar surface area (TPSA) is 89.3 Å². The van der Waals surface area contributed by atoms with Gasteiger partial charge in [-0.05, 0) is 19.9 Å². The third-order valence-electron chi connectivity index (χ3n) is 3.04. The predicted molar refractivity (Wildman–Crippen MR) is 67.0 cm³/mol. The number of methoxy groups -OCH3 is 1. The summed E-state index contributed by atoms with van der Waals surface area (Å²) in [5.41, 5.74) is -0.256. The fourth-order valence-corrected chi connectivity index (χ4v) is 2.00. The van der Waals surface area contributed by atoms with Crippen molar-refractivity contribution in [2.45, 2.75) is 18.9 Å². The SMILES string of the molecule is COc1ccc([N+](=O)[O-])c(NC2(C)CCNC2)n1. The molecule has 1 aromatic heterocycles. The Morgan fingerprint density at radius 2 is 2.39 bits per heavy atom. The molecule has 1 atom stereocenters. The smallest absolute Gasteiger partial charge is 0.311 e. The zero-order valence-electron chi connectivity index (χ0n) is 10.4. The number of hydrogen-bond donors (Lipinski definition) is 2. The molecule has 1 saturated heterocycles. The van der Waals surface area contributed by atoms with E-state index in [-0.39, 0.29) is 17.0 Å². The summed E-state index contributed by atoms with van der Waals surface area (Å²) in [4.78, 5) is 14.6. The van der Waals surface area contributed by atoms with Crippen LogP contribution in [-0.2, 0) is 0 Å². The van der Waals surface area contributed by atoms with E-state index in [0.717, 1.165) is 19.5 Å². The van der Waals surface area contributed by atoms with Crippen molar-refractivity contribution in [3.05, 3.63) is 22.2 Å². The molecule has 0 amide bonds. The molecule has 0 aromatic carbocycles. The maximum absolute atomic E-state index is 11.0. The Morgan fingerprint density at radius 1 is 1.61 bits per heavy atom. The molecule has 0 radical (unpaired) electrons. The summed E-state index contributed by atoms with van der Waals surface area (Å²) in [6, 6.07) is 2.89. The molecule has 7 heteroatoms. The lowest BCUT2D eigenvalue weighted by Gasteiger charge is -2.24. The zero-order chi connectivity index (χ0) is 13.2. The number of rotatable bonds is 4. The Balaban J connectivity index is 2.31. The summed E-state index contributed by atoms with van der Waals surface area (Å²) in [5, 5.41) is 17.3. The molecule has 0 saturated carbocycles. The molecule has 1 unspecified atom stereocenters. The van der Waals surface area contributed by atoms with Gasteiger partial charge in [0.25, 0.3) is 0 Å². The largest absolute Gasteiger partial charge is 0.481 e. The number of anilines is 1. The van der Waals surface area contributed by atoms with Crippen LogP contribution in [0.5, 0.6) is 5.88 Å². The summed E-state index contributed by atoms with van der Waals surface area (Å²) >= 11 is 0. The molecule has 2 N–H and O–H groups in total. The minimum atomic E-state index is -0.444. The van der Waals surface area contributed by atoms with E-state index in [4.69, 9.17) is 4.74 Å².